The van der Waals surface area contributed by atoms with Gasteiger partial charge in [-0.15, -0.1) is 11.8 Å². The summed E-state index contributed by atoms with van der Waals surface area (Å²) in [5, 5.41) is 3.24. The average Bonchev–Trinajstić information content (AvgIpc) is 2.73. The molecule has 0 radical (unpaired) electrons. The number of rotatable bonds is 8. The van der Waals surface area contributed by atoms with Crippen LogP contribution in [-0.2, 0) is 21.4 Å². The van der Waals surface area contributed by atoms with Crippen LogP contribution < -0.4 is 5.32 Å². The number of halogens is 1. The van der Waals surface area contributed by atoms with Crippen LogP contribution in [0.2, 0.25) is 5.02 Å². The van der Waals surface area contributed by atoms with E-state index in [0.29, 0.717) is 10.7 Å². The molecule has 5 nitrogen and oxygen atoms in total. The summed E-state index contributed by atoms with van der Waals surface area (Å²) in [6.45, 7) is 1.69. The van der Waals surface area contributed by atoms with Gasteiger partial charge in [0, 0.05) is 22.2 Å². The van der Waals surface area contributed by atoms with E-state index in [0.717, 1.165) is 16.0 Å². The fraction of sp³-hybridized carbons (Fsp3) is 0.174. The zero-order valence-corrected chi connectivity index (χ0v) is 19.6. The Morgan fingerprint density at radius 3 is 2.42 bits per heavy atom. The Bertz CT molecular complexity index is 1170. The number of carbonyl (C=O) groups is 1. The Balaban J connectivity index is 1.87. The summed E-state index contributed by atoms with van der Waals surface area (Å²) in [4.78, 5) is 13.9. The van der Waals surface area contributed by atoms with Crippen LogP contribution in [0.25, 0.3) is 0 Å². The summed E-state index contributed by atoms with van der Waals surface area (Å²) in [6, 6.07) is 20.9. The number of nitrogens with zero attached hydrogens (tertiary/aromatic N) is 1. The molecular weight excluding hydrogens is 452 g/mol. The molecule has 3 aromatic carbocycles. The van der Waals surface area contributed by atoms with Crippen molar-refractivity contribution < 1.29 is 13.2 Å². The zero-order valence-electron chi connectivity index (χ0n) is 17.2. The molecule has 0 aromatic heterocycles. The molecule has 0 saturated heterocycles. The first-order chi connectivity index (χ1) is 14.8. The number of aryl methyl sites for hydroxylation is 1. The van der Waals surface area contributed by atoms with Crippen LogP contribution in [0.3, 0.4) is 0 Å². The predicted molar refractivity (Wildman–Crippen MR) is 127 cm³/mol. The van der Waals surface area contributed by atoms with E-state index in [1.165, 1.54) is 28.6 Å². The zero-order chi connectivity index (χ0) is 22.4. The van der Waals surface area contributed by atoms with E-state index in [2.05, 4.69) is 5.32 Å². The van der Waals surface area contributed by atoms with Crippen LogP contribution in [-0.4, -0.2) is 31.4 Å². The average molecular weight is 475 g/mol. The monoisotopic (exact) mass is 474 g/mol. The van der Waals surface area contributed by atoms with Gasteiger partial charge in [-0.2, -0.15) is 4.31 Å². The molecule has 0 spiro atoms. The number of amides is 1. The molecular formula is C23H23ClN2O3S2. The summed E-state index contributed by atoms with van der Waals surface area (Å²) in [7, 11) is -3.92. The van der Waals surface area contributed by atoms with Gasteiger partial charge in [0.15, 0.2) is 0 Å². The molecule has 0 heterocycles. The van der Waals surface area contributed by atoms with Crippen LogP contribution in [0.15, 0.2) is 82.6 Å². The van der Waals surface area contributed by atoms with E-state index in [4.69, 9.17) is 11.6 Å². The molecule has 3 aromatic rings. The van der Waals surface area contributed by atoms with Gasteiger partial charge in [-0.05, 0) is 61.2 Å². The SMILES string of the molecule is CSc1cccc(NC(=O)CN(Cc2cccc(C)c2)S(=O)(=O)c2ccc(Cl)cc2)c1. The van der Waals surface area contributed by atoms with Crippen LogP contribution in [0, 0.1) is 6.92 Å². The van der Waals surface area contributed by atoms with Crippen molar-refractivity contribution in [2.24, 2.45) is 0 Å². The number of anilines is 1. The third-order valence-electron chi connectivity index (χ3n) is 4.57. The molecule has 0 fully saturated rings. The summed E-state index contributed by atoms with van der Waals surface area (Å²) in [5.74, 6) is -0.413. The number of sulfonamides is 1. The summed E-state index contributed by atoms with van der Waals surface area (Å²) in [6.07, 6.45) is 1.95. The number of nitrogens with one attached hydrogen (secondary N) is 1. The fourth-order valence-corrected chi connectivity index (χ4v) is 5.03. The van der Waals surface area contributed by atoms with Crippen molar-refractivity contribution in [3.05, 3.63) is 88.9 Å². The van der Waals surface area contributed by atoms with E-state index in [1.54, 1.807) is 17.8 Å². The van der Waals surface area contributed by atoms with E-state index in [1.807, 2.05) is 55.6 Å². The molecule has 0 aliphatic carbocycles. The molecule has 162 valence electrons. The largest absolute Gasteiger partial charge is 0.325 e. The topological polar surface area (TPSA) is 66.5 Å². The number of benzene rings is 3. The lowest BCUT2D eigenvalue weighted by Gasteiger charge is -2.22. The van der Waals surface area contributed by atoms with Gasteiger partial charge >= 0.3 is 0 Å². The molecule has 0 saturated carbocycles. The maximum Gasteiger partial charge on any atom is 0.243 e. The highest BCUT2D eigenvalue weighted by molar-refractivity contribution is 7.98. The lowest BCUT2D eigenvalue weighted by atomic mass is 10.1. The van der Waals surface area contributed by atoms with Crippen LogP contribution >= 0.6 is 23.4 Å². The number of hydrogen-bond donors (Lipinski definition) is 1. The van der Waals surface area contributed by atoms with Crippen LogP contribution in [0.1, 0.15) is 11.1 Å². The van der Waals surface area contributed by atoms with E-state index >= 15 is 0 Å². The Morgan fingerprint density at radius 1 is 1.03 bits per heavy atom. The van der Waals surface area contributed by atoms with Crippen molar-refractivity contribution in [3.8, 4) is 0 Å². The van der Waals surface area contributed by atoms with Gasteiger partial charge in [0.05, 0.1) is 11.4 Å². The number of thioether (sulfide) groups is 1. The highest BCUT2D eigenvalue weighted by Gasteiger charge is 2.27. The molecule has 0 atom stereocenters. The van der Waals surface area contributed by atoms with Crippen molar-refractivity contribution in [2.75, 3.05) is 18.1 Å². The van der Waals surface area contributed by atoms with Crippen LogP contribution in [0.4, 0.5) is 5.69 Å². The van der Waals surface area contributed by atoms with Crippen molar-refractivity contribution in [3.63, 3.8) is 0 Å². The second kappa shape index (κ2) is 10.3. The summed E-state index contributed by atoms with van der Waals surface area (Å²) < 4.78 is 27.8. The second-order valence-corrected chi connectivity index (χ2v) is 10.3. The maximum atomic E-state index is 13.3. The Morgan fingerprint density at radius 2 is 1.74 bits per heavy atom. The van der Waals surface area contributed by atoms with Crippen molar-refractivity contribution in [1.82, 2.24) is 4.31 Å². The van der Waals surface area contributed by atoms with Gasteiger partial charge in [0.2, 0.25) is 15.9 Å². The first kappa shape index (κ1) is 23.3. The predicted octanol–water partition coefficient (Wildman–Crippen LogP) is 5.20. The van der Waals surface area contributed by atoms with Gasteiger partial charge in [-0.3, -0.25) is 4.79 Å². The standard InChI is InChI=1S/C23H23ClN2O3S2/c1-17-5-3-6-18(13-17)15-26(31(28,29)22-11-9-19(24)10-12-22)16-23(27)25-20-7-4-8-21(14-20)30-2/h3-14H,15-16H2,1-2H3,(H,25,27). The lowest BCUT2D eigenvalue weighted by molar-refractivity contribution is -0.116. The van der Waals surface area contributed by atoms with Gasteiger partial charge in [0.25, 0.3) is 0 Å². The molecule has 0 unspecified atom stereocenters. The fourth-order valence-electron chi connectivity index (χ4n) is 3.06. The molecule has 31 heavy (non-hydrogen) atoms. The van der Waals surface area contributed by atoms with Crippen molar-refractivity contribution >= 4 is 45.0 Å². The smallest absolute Gasteiger partial charge is 0.243 e. The quantitative estimate of drug-likeness (QED) is 0.455. The van der Waals surface area contributed by atoms with Gasteiger partial charge in [-0.25, -0.2) is 8.42 Å². The van der Waals surface area contributed by atoms with Gasteiger partial charge < -0.3 is 5.32 Å². The van der Waals surface area contributed by atoms with Gasteiger partial charge in [-0.1, -0.05) is 47.5 Å². The maximum absolute atomic E-state index is 13.3. The molecule has 0 aliphatic heterocycles. The van der Waals surface area contributed by atoms with Crippen molar-refractivity contribution in [1.29, 1.82) is 0 Å². The molecule has 1 N–H and O–H groups in total. The van der Waals surface area contributed by atoms with E-state index in [9.17, 15) is 13.2 Å². The first-order valence-corrected chi connectivity index (χ1v) is 12.6. The number of carbonyl (C=O) groups excluding carboxylic acids is 1. The Labute approximate surface area is 192 Å². The summed E-state index contributed by atoms with van der Waals surface area (Å²) in [5.41, 5.74) is 2.44. The molecule has 8 heteroatoms. The van der Waals surface area contributed by atoms with Crippen molar-refractivity contribution in [2.45, 2.75) is 23.3 Å². The third kappa shape index (κ3) is 6.33. The molecule has 0 aliphatic rings. The Kier molecular flexibility index (Phi) is 7.78. The summed E-state index contributed by atoms with van der Waals surface area (Å²) >= 11 is 7.47. The third-order valence-corrected chi connectivity index (χ3v) is 7.35. The van der Waals surface area contributed by atoms with Gasteiger partial charge in [0.1, 0.15) is 0 Å². The molecule has 0 bridgehead atoms. The highest BCUT2D eigenvalue weighted by atomic mass is 35.5. The molecule has 1 amide bonds. The van der Waals surface area contributed by atoms with Crippen LogP contribution in [0.5, 0.6) is 0 Å². The van der Waals surface area contributed by atoms with E-state index < -0.39 is 15.9 Å². The minimum absolute atomic E-state index is 0.0743. The minimum Gasteiger partial charge on any atom is -0.325 e. The second-order valence-electron chi connectivity index (χ2n) is 7.00. The number of hydrogen-bond acceptors (Lipinski definition) is 4. The van der Waals surface area contributed by atoms with E-state index in [-0.39, 0.29) is 18.0 Å². The first-order valence-electron chi connectivity index (χ1n) is 9.53. The molecule has 3 rings (SSSR count). The minimum atomic E-state index is -3.92. The Hall–Kier alpha value is -2.32. The highest BCUT2D eigenvalue weighted by Crippen LogP contribution is 2.22. The lowest BCUT2D eigenvalue weighted by Crippen LogP contribution is -2.37. The normalized spacial score (nSPS) is 11.5.